The number of nitrogens with one attached hydrogen (secondary N) is 2. The second-order valence-electron chi connectivity index (χ2n) is 8.51. The fourth-order valence-electron chi connectivity index (χ4n) is 2.98. The first-order chi connectivity index (χ1) is 15.1. The molecule has 0 bridgehead atoms. The van der Waals surface area contributed by atoms with Gasteiger partial charge in [-0.25, -0.2) is 9.65 Å². The Kier molecular flexibility index (Phi) is 9.85. The standard InChI is InChI=1S/C25H35N2O4P/c1-18(2)24(27-32(29,30-19(3)4)31-20(5)6)25(28)26-23-16-14-22(15-17-23)13-12-21-10-8-7-9-11-21/h7-20,24H,1-6H3,(H,26,28)(H,27,29)/b13-12+/t24-/m0/s1. The normalized spacial score (nSPS) is 13.3. The molecule has 1 amide bonds. The van der Waals surface area contributed by atoms with E-state index in [1.165, 1.54) is 0 Å². The van der Waals surface area contributed by atoms with Gasteiger partial charge in [-0.3, -0.25) is 13.8 Å². The van der Waals surface area contributed by atoms with Crippen molar-refractivity contribution in [2.45, 2.75) is 59.8 Å². The van der Waals surface area contributed by atoms with Crippen molar-refractivity contribution >= 4 is 31.5 Å². The van der Waals surface area contributed by atoms with Gasteiger partial charge in [0.25, 0.3) is 0 Å². The average molecular weight is 459 g/mol. The van der Waals surface area contributed by atoms with Crippen LogP contribution in [0, 0.1) is 5.92 Å². The fourth-order valence-corrected chi connectivity index (χ4v) is 5.01. The molecule has 6 nitrogen and oxygen atoms in total. The molecule has 2 N–H and O–H groups in total. The van der Waals surface area contributed by atoms with Gasteiger partial charge < -0.3 is 5.32 Å². The third-order valence-corrected chi connectivity index (χ3v) is 6.38. The number of amides is 1. The molecule has 0 spiro atoms. The van der Waals surface area contributed by atoms with Crippen molar-refractivity contribution in [3.63, 3.8) is 0 Å². The van der Waals surface area contributed by atoms with Gasteiger partial charge in [-0.1, -0.05) is 68.5 Å². The molecule has 174 valence electrons. The van der Waals surface area contributed by atoms with Crippen LogP contribution in [0.1, 0.15) is 52.7 Å². The zero-order valence-corrected chi connectivity index (χ0v) is 20.6. The van der Waals surface area contributed by atoms with Crippen LogP contribution in [0.2, 0.25) is 0 Å². The molecule has 0 unspecified atom stereocenters. The summed E-state index contributed by atoms with van der Waals surface area (Å²) in [7, 11) is -3.67. The van der Waals surface area contributed by atoms with E-state index in [0.29, 0.717) is 5.69 Å². The van der Waals surface area contributed by atoms with Gasteiger partial charge >= 0.3 is 7.75 Å². The summed E-state index contributed by atoms with van der Waals surface area (Å²) >= 11 is 0. The molecule has 0 radical (unpaired) electrons. The summed E-state index contributed by atoms with van der Waals surface area (Å²) in [5.74, 6) is -0.435. The molecule has 0 heterocycles. The first-order valence-corrected chi connectivity index (χ1v) is 12.5. The Labute approximate surface area is 192 Å². The zero-order valence-electron chi connectivity index (χ0n) is 19.7. The molecular formula is C25H35N2O4P. The molecule has 0 aromatic heterocycles. The van der Waals surface area contributed by atoms with E-state index in [4.69, 9.17) is 9.05 Å². The van der Waals surface area contributed by atoms with Crippen molar-refractivity contribution in [2.75, 3.05) is 5.32 Å². The van der Waals surface area contributed by atoms with Gasteiger partial charge in [0.1, 0.15) is 0 Å². The van der Waals surface area contributed by atoms with E-state index < -0.39 is 13.8 Å². The quantitative estimate of drug-likeness (QED) is 0.302. The molecule has 0 aliphatic rings. The Morgan fingerprint density at radius 3 is 1.78 bits per heavy atom. The highest BCUT2D eigenvalue weighted by Gasteiger charge is 2.35. The minimum atomic E-state index is -3.67. The Balaban J connectivity index is 2.08. The predicted molar refractivity (Wildman–Crippen MR) is 132 cm³/mol. The lowest BCUT2D eigenvalue weighted by Gasteiger charge is -2.29. The summed E-state index contributed by atoms with van der Waals surface area (Å²) in [6, 6.07) is 16.8. The van der Waals surface area contributed by atoms with Crippen molar-refractivity contribution in [3.8, 4) is 0 Å². The van der Waals surface area contributed by atoms with Gasteiger partial charge in [0.05, 0.1) is 18.2 Å². The molecule has 0 saturated carbocycles. The lowest BCUT2D eigenvalue weighted by Crippen LogP contribution is -2.43. The smallest absolute Gasteiger partial charge is 0.325 e. The van der Waals surface area contributed by atoms with E-state index in [1.807, 2.05) is 80.6 Å². The maximum Gasteiger partial charge on any atom is 0.406 e. The van der Waals surface area contributed by atoms with Crippen LogP contribution in [0.5, 0.6) is 0 Å². The molecule has 2 aromatic rings. The van der Waals surface area contributed by atoms with Gasteiger partial charge in [-0.05, 0) is 56.9 Å². The Morgan fingerprint density at radius 2 is 1.31 bits per heavy atom. The minimum absolute atomic E-state index is 0.136. The van der Waals surface area contributed by atoms with Gasteiger partial charge in [-0.2, -0.15) is 0 Å². The number of hydrogen-bond acceptors (Lipinski definition) is 4. The highest BCUT2D eigenvalue weighted by molar-refractivity contribution is 7.51. The maximum absolute atomic E-state index is 13.2. The van der Waals surface area contributed by atoms with Crippen LogP contribution in [0.3, 0.4) is 0 Å². The molecule has 0 aliphatic carbocycles. The van der Waals surface area contributed by atoms with Crippen molar-refractivity contribution in [3.05, 3.63) is 65.7 Å². The van der Waals surface area contributed by atoms with E-state index in [-0.39, 0.29) is 24.0 Å². The Hall–Kier alpha value is -2.24. The topological polar surface area (TPSA) is 76.7 Å². The minimum Gasteiger partial charge on any atom is -0.325 e. The van der Waals surface area contributed by atoms with Crippen LogP contribution in [0.25, 0.3) is 12.2 Å². The second kappa shape index (κ2) is 12.1. The van der Waals surface area contributed by atoms with Crippen LogP contribution in [0.15, 0.2) is 54.6 Å². The van der Waals surface area contributed by atoms with Crippen molar-refractivity contribution < 1.29 is 18.4 Å². The number of benzene rings is 2. The summed E-state index contributed by atoms with van der Waals surface area (Å²) < 4.78 is 24.3. The molecule has 32 heavy (non-hydrogen) atoms. The van der Waals surface area contributed by atoms with Crippen molar-refractivity contribution in [1.82, 2.24) is 5.09 Å². The number of hydrogen-bond donors (Lipinski definition) is 2. The van der Waals surface area contributed by atoms with Crippen LogP contribution in [0.4, 0.5) is 5.69 Å². The second-order valence-corrected chi connectivity index (χ2v) is 10.2. The summed E-state index contributed by atoms with van der Waals surface area (Å²) in [5, 5.41) is 5.75. The van der Waals surface area contributed by atoms with Gasteiger partial charge in [0.15, 0.2) is 0 Å². The molecule has 0 saturated heterocycles. The van der Waals surface area contributed by atoms with E-state index in [0.717, 1.165) is 11.1 Å². The maximum atomic E-state index is 13.2. The molecular weight excluding hydrogens is 423 g/mol. The third kappa shape index (κ3) is 8.71. The summed E-state index contributed by atoms with van der Waals surface area (Å²) in [6.07, 6.45) is 3.41. The van der Waals surface area contributed by atoms with Gasteiger partial charge in [0, 0.05) is 5.69 Å². The number of anilines is 1. The lowest BCUT2D eigenvalue weighted by molar-refractivity contribution is -0.118. The first-order valence-electron chi connectivity index (χ1n) is 11.0. The lowest BCUT2D eigenvalue weighted by atomic mass is 10.0. The first kappa shape index (κ1) is 26.0. The largest absolute Gasteiger partial charge is 0.406 e. The van der Waals surface area contributed by atoms with Gasteiger partial charge in [0.2, 0.25) is 5.91 Å². The third-order valence-electron chi connectivity index (χ3n) is 4.39. The summed E-state index contributed by atoms with van der Waals surface area (Å²) in [5.41, 5.74) is 2.79. The van der Waals surface area contributed by atoms with Gasteiger partial charge in [-0.15, -0.1) is 0 Å². The molecule has 7 heteroatoms. The van der Waals surface area contributed by atoms with Crippen LogP contribution in [-0.2, 0) is 18.4 Å². The average Bonchev–Trinajstić information content (AvgIpc) is 2.71. The van der Waals surface area contributed by atoms with E-state index in [9.17, 15) is 9.36 Å². The SMILES string of the molecule is CC(C)OP(=O)(N[C@H](C(=O)Nc1ccc(/C=C/c2ccccc2)cc1)C(C)C)OC(C)C. The zero-order chi connectivity index (χ0) is 23.7. The van der Waals surface area contributed by atoms with E-state index in [2.05, 4.69) is 10.4 Å². The van der Waals surface area contributed by atoms with Crippen molar-refractivity contribution in [2.24, 2.45) is 5.92 Å². The number of carbonyl (C=O) groups excluding carboxylic acids is 1. The number of carbonyl (C=O) groups is 1. The Bertz CT molecular complexity index is 911. The molecule has 0 fully saturated rings. The molecule has 1 atom stereocenters. The number of rotatable bonds is 11. The van der Waals surface area contributed by atoms with Crippen LogP contribution >= 0.6 is 7.75 Å². The van der Waals surface area contributed by atoms with E-state index >= 15 is 0 Å². The van der Waals surface area contributed by atoms with Crippen molar-refractivity contribution in [1.29, 1.82) is 0 Å². The predicted octanol–water partition coefficient (Wildman–Crippen LogP) is 6.37. The fraction of sp³-hybridized carbons (Fsp3) is 0.400. The highest BCUT2D eigenvalue weighted by atomic mass is 31.2. The summed E-state index contributed by atoms with van der Waals surface area (Å²) in [6.45, 7) is 10.9. The monoisotopic (exact) mass is 458 g/mol. The summed E-state index contributed by atoms with van der Waals surface area (Å²) in [4.78, 5) is 13.0. The van der Waals surface area contributed by atoms with E-state index in [1.54, 1.807) is 27.7 Å². The highest BCUT2D eigenvalue weighted by Crippen LogP contribution is 2.47. The van der Waals surface area contributed by atoms with Crippen LogP contribution in [-0.4, -0.2) is 24.2 Å². The molecule has 0 aliphatic heterocycles. The van der Waals surface area contributed by atoms with Crippen LogP contribution < -0.4 is 10.4 Å². The molecule has 2 rings (SSSR count). The molecule has 2 aromatic carbocycles. The Morgan fingerprint density at radius 1 is 0.812 bits per heavy atom.